The zero-order valence-electron chi connectivity index (χ0n) is 8.68. The van der Waals surface area contributed by atoms with Gasteiger partial charge in [-0.3, -0.25) is 4.79 Å². The Labute approximate surface area is 93.4 Å². The summed E-state index contributed by atoms with van der Waals surface area (Å²) in [5.41, 5.74) is 0.0597. The lowest BCUT2D eigenvalue weighted by molar-refractivity contribution is -0.119. The normalized spacial score (nSPS) is 12.3. The molecule has 1 N–H and O–H groups in total. The minimum absolute atomic E-state index is 0.0597. The summed E-state index contributed by atoms with van der Waals surface area (Å²) in [6.45, 7) is 3.68. The zero-order valence-corrected chi connectivity index (χ0v) is 9.44. The van der Waals surface area contributed by atoms with Crippen LogP contribution in [0, 0.1) is 11.7 Å². The molecule has 0 bridgehead atoms. The van der Waals surface area contributed by atoms with E-state index in [9.17, 15) is 9.18 Å². The summed E-state index contributed by atoms with van der Waals surface area (Å²) < 4.78 is 13.3. The quantitative estimate of drug-likeness (QED) is 0.845. The Balaban J connectivity index is 2.85. The van der Waals surface area contributed by atoms with Crippen molar-refractivity contribution in [1.29, 1.82) is 0 Å². The summed E-state index contributed by atoms with van der Waals surface area (Å²) in [5.74, 6) is -0.885. The maximum atomic E-state index is 13.3. The van der Waals surface area contributed by atoms with Crippen LogP contribution in [0.3, 0.4) is 0 Å². The predicted molar refractivity (Wildman–Crippen MR) is 59.5 cm³/mol. The third-order valence-electron chi connectivity index (χ3n) is 2.27. The standard InChI is InChI=1S/C11H13ClFNO/c1-3-7(2)11(15)14-10-8(12)5-4-6-9(10)13/h4-7H,3H2,1-2H3,(H,14,15). The van der Waals surface area contributed by atoms with Crippen LogP contribution in [0.4, 0.5) is 10.1 Å². The number of para-hydroxylation sites is 1. The highest BCUT2D eigenvalue weighted by molar-refractivity contribution is 6.33. The number of nitrogens with one attached hydrogen (secondary N) is 1. The molecule has 0 fully saturated rings. The number of carbonyl (C=O) groups is 1. The lowest BCUT2D eigenvalue weighted by Crippen LogP contribution is -2.20. The molecule has 0 saturated heterocycles. The van der Waals surface area contributed by atoms with Crippen molar-refractivity contribution >= 4 is 23.2 Å². The highest BCUT2D eigenvalue weighted by Gasteiger charge is 2.14. The van der Waals surface area contributed by atoms with E-state index >= 15 is 0 Å². The topological polar surface area (TPSA) is 29.1 Å². The lowest BCUT2D eigenvalue weighted by Gasteiger charge is -2.11. The molecule has 1 amide bonds. The second kappa shape index (κ2) is 5.12. The van der Waals surface area contributed by atoms with Crippen LogP contribution in [0.15, 0.2) is 18.2 Å². The van der Waals surface area contributed by atoms with Gasteiger partial charge in [-0.05, 0) is 18.6 Å². The first-order valence-corrected chi connectivity index (χ1v) is 5.19. The molecule has 0 spiro atoms. The molecule has 2 nitrogen and oxygen atoms in total. The fourth-order valence-corrected chi connectivity index (χ4v) is 1.26. The smallest absolute Gasteiger partial charge is 0.227 e. The molecule has 1 atom stereocenters. The summed E-state index contributed by atoms with van der Waals surface area (Å²) in [5, 5.41) is 2.70. The van der Waals surface area contributed by atoms with Gasteiger partial charge in [-0.2, -0.15) is 0 Å². The molecule has 1 rings (SSSR count). The van der Waals surface area contributed by atoms with Gasteiger partial charge < -0.3 is 5.32 Å². The SMILES string of the molecule is CCC(C)C(=O)Nc1c(F)cccc1Cl. The highest BCUT2D eigenvalue weighted by Crippen LogP contribution is 2.25. The van der Waals surface area contributed by atoms with Gasteiger partial charge in [-0.1, -0.05) is 31.5 Å². The third kappa shape index (κ3) is 2.93. The third-order valence-corrected chi connectivity index (χ3v) is 2.59. The number of anilines is 1. The monoisotopic (exact) mass is 229 g/mol. The van der Waals surface area contributed by atoms with E-state index in [1.807, 2.05) is 6.92 Å². The molecule has 0 aliphatic carbocycles. The fraction of sp³-hybridized carbons (Fsp3) is 0.364. The van der Waals surface area contributed by atoms with Gasteiger partial charge in [-0.15, -0.1) is 0 Å². The first-order valence-electron chi connectivity index (χ1n) is 4.81. The molecular formula is C11H13ClFNO. The zero-order chi connectivity index (χ0) is 11.4. The molecule has 82 valence electrons. The number of halogens is 2. The van der Waals surface area contributed by atoms with Crippen LogP contribution in [0.1, 0.15) is 20.3 Å². The Morgan fingerprint density at radius 3 is 2.80 bits per heavy atom. The molecule has 1 aromatic carbocycles. The number of amides is 1. The molecule has 1 aromatic rings. The van der Waals surface area contributed by atoms with E-state index in [1.54, 1.807) is 6.92 Å². The Hall–Kier alpha value is -1.09. The maximum absolute atomic E-state index is 13.3. The van der Waals surface area contributed by atoms with Crippen molar-refractivity contribution in [3.8, 4) is 0 Å². The fourth-order valence-electron chi connectivity index (χ4n) is 1.05. The van der Waals surface area contributed by atoms with E-state index in [-0.39, 0.29) is 22.5 Å². The van der Waals surface area contributed by atoms with Gasteiger partial charge in [0.1, 0.15) is 5.82 Å². The van der Waals surface area contributed by atoms with Gasteiger partial charge in [-0.25, -0.2) is 4.39 Å². The van der Waals surface area contributed by atoms with Crippen molar-refractivity contribution in [3.63, 3.8) is 0 Å². The van der Waals surface area contributed by atoms with Gasteiger partial charge in [0.25, 0.3) is 0 Å². The van der Waals surface area contributed by atoms with Crippen molar-refractivity contribution in [2.75, 3.05) is 5.32 Å². The minimum Gasteiger partial charge on any atom is -0.322 e. The summed E-state index contributed by atoms with van der Waals surface area (Å²) in [6, 6.07) is 4.30. The summed E-state index contributed by atoms with van der Waals surface area (Å²) >= 11 is 5.77. The molecule has 0 radical (unpaired) electrons. The van der Waals surface area contributed by atoms with Gasteiger partial charge >= 0.3 is 0 Å². The van der Waals surface area contributed by atoms with Gasteiger partial charge in [0.15, 0.2) is 0 Å². The Kier molecular flexibility index (Phi) is 4.09. The Bertz CT molecular complexity index is 347. The van der Waals surface area contributed by atoms with E-state index in [2.05, 4.69) is 5.32 Å². The van der Waals surface area contributed by atoms with Crippen molar-refractivity contribution < 1.29 is 9.18 Å². The largest absolute Gasteiger partial charge is 0.322 e. The maximum Gasteiger partial charge on any atom is 0.227 e. The molecule has 0 aliphatic heterocycles. The Morgan fingerprint density at radius 2 is 2.27 bits per heavy atom. The van der Waals surface area contributed by atoms with E-state index < -0.39 is 5.82 Å². The number of carbonyl (C=O) groups excluding carboxylic acids is 1. The summed E-state index contributed by atoms with van der Waals surface area (Å²) in [6.07, 6.45) is 0.706. The van der Waals surface area contributed by atoms with Gasteiger partial charge in [0.05, 0.1) is 10.7 Å². The number of hydrogen-bond donors (Lipinski definition) is 1. The number of hydrogen-bond acceptors (Lipinski definition) is 1. The molecule has 0 saturated carbocycles. The summed E-state index contributed by atoms with van der Waals surface area (Å²) in [7, 11) is 0. The van der Waals surface area contributed by atoms with Crippen LogP contribution in [-0.4, -0.2) is 5.91 Å². The van der Waals surface area contributed by atoms with Crippen LogP contribution < -0.4 is 5.32 Å². The van der Waals surface area contributed by atoms with Crippen molar-refractivity contribution in [3.05, 3.63) is 29.0 Å². The van der Waals surface area contributed by atoms with E-state index in [1.165, 1.54) is 18.2 Å². The van der Waals surface area contributed by atoms with E-state index in [0.29, 0.717) is 6.42 Å². The molecule has 15 heavy (non-hydrogen) atoms. The van der Waals surface area contributed by atoms with Crippen LogP contribution >= 0.6 is 11.6 Å². The number of benzene rings is 1. The van der Waals surface area contributed by atoms with Crippen molar-refractivity contribution in [2.24, 2.45) is 5.92 Å². The average Bonchev–Trinajstić information content (AvgIpc) is 2.22. The van der Waals surface area contributed by atoms with E-state index in [0.717, 1.165) is 0 Å². The van der Waals surface area contributed by atoms with Crippen LogP contribution in [0.2, 0.25) is 5.02 Å². The molecule has 0 heterocycles. The molecule has 4 heteroatoms. The van der Waals surface area contributed by atoms with Gasteiger partial charge in [0.2, 0.25) is 5.91 Å². The average molecular weight is 230 g/mol. The molecular weight excluding hydrogens is 217 g/mol. The first-order chi connectivity index (χ1) is 7.06. The van der Waals surface area contributed by atoms with E-state index in [4.69, 9.17) is 11.6 Å². The predicted octanol–water partition coefficient (Wildman–Crippen LogP) is 3.46. The number of rotatable bonds is 3. The lowest BCUT2D eigenvalue weighted by atomic mass is 10.1. The van der Waals surface area contributed by atoms with Gasteiger partial charge in [0, 0.05) is 5.92 Å². The van der Waals surface area contributed by atoms with Crippen LogP contribution in [0.5, 0.6) is 0 Å². The Morgan fingerprint density at radius 1 is 1.60 bits per heavy atom. The molecule has 0 aromatic heterocycles. The molecule has 0 aliphatic rings. The second-order valence-electron chi connectivity index (χ2n) is 3.40. The van der Waals surface area contributed by atoms with Crippen LogP contribution in [0.25, 0.3) is 0 Å². The summed E-state index contributed by atoms with van der Waals surface area (Å²) in [4.78, 5) is 11.5. The minimum atomic E-state index is -0.515. The van der Waals surface area contributed by atoms with Crippen LogP contribution in [-0.2, 0) is 4.79 Å². The highest BCUT2D eigenvalue weighted by atomic mass is 35.5. The van der Waals surface area contributed by atoms with Crippen molar-refractivity contribution in [1.82, 2.24) is 0 Å². The second-order valence-corrected chi connectivity index (χ2v) is 3.80. The first kappa shape index (κ1) is 12.0. The molecule has 1 unspecified atom stereocenters. The van der Waals surface area contributed by atoms with Crippen molar-refractivity contribution in [2.45, 2.75) is 20.3 Å².